The number of hydrogen-bond acceptors (Lipinski definition) is 24. The van der Waals surface area contributed by atoms with Gasteiger partial charge in [0.15, 0.2) is 48.8 Å². The number of amides is 1. The first-order valence-corrected chi connectivity index (χ1v) is 31.9. The predicted octanol–water partition coefficient (Wildman–Crippen LogP) is 5.96. The van der Waals surface area contributed by atoms with Gasteiger partial charge in [0.1, 0.15) is 8.42 Å². The molecular weight excluding hydrogens is 1140 g/mol. The molecular formula is C54H87N3O22S3. The largest absolute Gasteiger partial charge is 0.451 e. The van der Waals surface area contributed by atoms with Crippen molar-refractivity contribution < 1.29 is 103 Å². The van der Waals surface area contributed by atoms with Crippen LogP contribution in [0.15, 0.2) is 14.5 Å². The second-order valence-electron chi connectivity index (χ2n) is 20.0. The number of rotatable bonds is 40. The van der Waals surface area contributed by atoms with Crippen molar-refractivity contribution in [3.05, 3.63) is 11.6 Å². The molecule has 25 nitrogen and oxygen atoms in total. The molecule has 0 saturated heterocycles. The van der Waals surface area contributed by atoms with E-state index in [1.165, 1.54) is 89.5 Å². The summed E-state index contributed by atoms with van der Waals surface area (Å²) in [6, 6.07) is 0.599. The fourth-order valence-corrected chi connectivity index (χ4v) is 12.8. The summed E-state index contributed by atoms with van der Waals surface area (Å²) >= 11 is 0.445. The molecule has 1 aliphatic rings. The van der Waals surface area contributed by atoms with Gasteiger partial charge in [-0.15, -0.1) is 11.3 Å². The second-order valence-corrected chi connectivity index (χ2v) is 25.1. The number of nitrogens with zero attached hydrogens (tertiary/aromatic N) is 1. The van der Waals surface area contributed by atoms with Crippen LogP contribution >= 0.6 is 11.3 Å². The molecule has 0 fully saturated rings. The van der Waals surface area contributed by atoms with Crippen molar-refractivity contribution in [3.63, 3.8) is 0 Å². The first-order valence-electron chi connectivity index (χ1n) is 28.2. The zero-order chi connectivity index (χ0) is 61.7. The lowest BCUT2D eigenvalue weighted by Crippen LogP contribution is -2.43. The van der Waals surface area contributed by atoms with Gasteiger partial charge in [-0.2, -0.15) is 4.31 Å². The monoisotopic (exact) mass is 1230 g/mol. The van der Waals surface area contributed by atoms with E-state index in [1.54, 1.807) is 11.6 Å². The van der Waals surface area contributed by atoms with Crippen molar-refractivity contribution in [3.8, 4) is 0 Å². The highest BCUT2D eigenvalue weighted by molar-refractivity contribution is 7.94. The minimum absolute atomic E-state index is 0.0271. The smallest absolute Gasteiger partial charge is 0.347 e. The number of methoxy groups -OCH3 is 1. The minimum Gasteiger partial charge on any atom is -0.451 e. The number of thiophene rings is 1. The van der Waals surface area contributed by atoms with Crippen molar-refractivity contribution in [2.45, 2.75) is 242 Å². The summed E-state index contributed by atoms with van der Waals surface area (Å²) in [5, 5.41) is 3.14. The van der Waals surface area contributed by atoms with Gasteiger partial charge < -0.3 is 47.9 Å². The quantitative estimate of drug-likeness (QED) is 0.0435. The maximum Gasteiger partial charge on any atom is 0.347 e. The summed E-state index contributed by atoms with van der Waals surface area (Å²) in [6.45, 7) is 13.7. The van der Waals surface area contributed by atoms with Gasteiger partial charge in [-0.1, -0.05) is 104 Å². The maximum atomic E-state index is 13.5. The Bertz CT molecular complexity index is 2490. The average molecular weight is 1230 g/mol. The molecule has 468 valence electrons. The van der Waals surface area contributed by atoms with Gasteiger partial charge in [0, 0.05) is 44.8 Å². The number of nitrogens with one attached hydrogen (secondary N) is 2. The third kappa shape index (κ3) is 25.3. The third-order valence-electron chi connectivity index (χ3n) is 12.8. The zero-order valence-electron chi connectivity index (χ0n) is 49.3. The fourth-order valence-electron chi connectivity index (χ4n) is 7.92. The number of ether oxygens (including phenoxy) is 9. The Labute approximate surface area is 486 Å². The molecule has 1 aromatic heterocycles. The second kappa shape index (κ2) is 37.1. The predicted molar refractivity (Wildman–Crippen MR) is 295 cm³/mol. The standard InChI is InChI=1S/C54H87N3O22S3/c1-12-14-15-16-17-18-19-20-21-22-23-24-25-26-27-29-44(58)72-35(4)47(60)74-37(6)49(62)76-39(8)51(64)78-41(10)53(66)79-40(9)52(65)77-38(7)50(63)75-36(5)48(61)73-34(3)46(59)56-81(67,68)45-32-42-43(55-13-2)33-57(30-28-31-71-11)82(69,70)54(42)80-45/h32,34-41,43,55H,12-31,33H2,1-11H3,(H,56,59)/t34-,35-,36-,37-,38-,39-,40-,41-,43-/m0/s1. The Morgan fingerprint density at radius 3 is 1.27 bits per heavy atom. The van der Waals surface area contributed by atoms with Gasteiger partial charge >= 0.3 is 47.8 Å². The van der Waals surface area contributed by atoms with Crippen LogP contribution in [0.1, 0.15) is 190 Å². The van der Waals surface area contributed by atoms with Gasteiger partial charge in [-0.25, -0.2) is 55.1 Å². The molecule has 82 heavy (non-hydrogen) atoms. The van der Waals surface area contributed by atoms with E-state index in [1.807, 2.05) is 0 Å². The van der Waals surface area contributed by atoms with Crippen LogP contribution in [0.5, 0.6) is 0 Å². The molecule has 0 spiro atoms. The molecule has 2 heterocycles. The molecule has 0 aromatic carbocycles. The summed E-state index contributed by atoms with van der Waals surface area (Å²) in [6.07, 6.45) is 4.98. The van der Waals surface area contributed by atoms with E-state index < -0.39 is 133 Å². The minimum atomic E-state index is -4.70. The molecule has 1 aromatic rings. The number of unbranched alkanes of at least 4 members (excludes halogenated alkanes) is 14. The highest BCUT2D eigenvalue weighted by Crippen LogP contribution is 2.40. The highest BCUT2D eigenvalue weighted by atomic mass is 32.3. The van der Waals surface area contributed by atoms with Gasteiger partial charge in [0.25, 0.3) is 26.0 Å². The van der Waals surface area contributed by atoms with E-state index in [0.29, 0.717) is 37.3 Å². The zero-order valence-corrected chi connectivity index (χ0v) is 51.7. The summed E-state index contributed by atoms with van der Waals surface area (Å²) in [4.78, 5) is 114. The Morgan fingerprint density at radius 2 is 0.902 bits per heavy atom. The number of carbonyl (C=O) groups excluding carboxylic acids is 9. The lowest BCUT2D eigenvalue weighted by molar-refractivity contribution is -0.189. The number of hydrogen-bond donors (Lipinski definition) is 2. The summed E-state index contributed by atoms with van der Waals surface area (Å²) in [5.41, 5.74) is 0.207. The van der Waals surface area contributed by atoms with E-state index in [-0.39, 0.29) is 29.3 Å². The number of sulfonamides is 2. The van der Waals surface area contributed by atoms with E-state index in [0.717, 1.165) is 73.3 Å². The van der Waals surface area contributed by atoms with Crippen LogP contribution in [0.2, 0.25) is 0 Å². The van der Waals surface area contributed by atoms with Crippen molar-refractivity contribution in [1.82, 2.24) is 14.3 Å². The number of carbonyl (C=O) groups is 9. The molecule has 28 heteroatoms. The van der Waals surface area contributed by atoms with Crippen molar-refractivity contribution in [2.75, 3.05) is 33.4 Å². The normalized spacial score (nSPS) is 16.9. The molecule has 0 unspecified atom stereocenters. The van der Waals surface area contributed by atoms with Crippen molar-refractivity contribution in [2.24, 2.45) is 0 Å². The summed E-state index contributed by atoms with van der Waals surface area (Å²) < 4.78 is 101. The Hall–Kier alpha value is -5.29. The molecule has 9 atom stereocenters. The Kier molecular flexibility index (Phi) is 33.0. The maximum absolute atomic E-state index is 13.5. The van der Waals surface area contributed by atoms with Gasteiger partial charge in [-0.05, 0) is 80.8 Å². The van der Waals surface area contributed by atoms with E-state index in [9.17, 15) is 60.0 Å². The topological polar surface area (TPSA) is 332 Å². The van der Waals surface area contributed by atoms with Crippen molar-refractivity contribution >= 4 is 85.0 Å². The fraction of sp³-hybridized carbons (Fsp3) is 0.759. The molecule has 0 aliphatic carbocycles. The van der Waals surface area contributed by atoms with Crippen LogP contribution in [0, 0.1) is 0 Å². The molecule has 0 bridgehead atoms. The van der Waals surface area contributed by atoms with E-state index in [4.69, 9.17) is 42.6 Å². The van der Waals surface area contributed by atoms with Crippen LogP contribution in [0.4, 0.5) is 0 Å². The molecule has 1 amide bonds. The van der Waals surface area contributed by atoms with Crippen LogP contribution < -0.4 is 10.0 Å². The summed E-state index contributed by atoms with van der Waals surface area (Å²) in [7, 11) is -7.33. The molecule has 1 aliphatic heterocycles. The lowest BCUT2D eigenvalue weighted by atomic mass is 10.0. The van der Waals surface area contributed by atoms with Gasteiger partial charge in [-0.3, -0.25) is 9.59 Å². The highest BCUT2D eigenvalue weighted by Gasteiger charge is 2.41. The Morgan fingerprint density at radius 1 is 0.549 bits per heavy atom. The first kappa shape index (κ1) is 72.8. The Balaban J connectivity index is 1.74. The molecule has 2 N–H and O–H groups in total. The van der Waals surface area contributed by atoms with Crippen molar-refractivity contribution in [1.29, 1.82) is 0 Å². The van der Waals surface area contributed by atoms with E-state index >= 15 is 0 Å². The van der Waals surface area contributed by atoms with E-state index in [2.05, 4.69) is 12.2 Å². The molecule has 0 radical (unpaired) electrons. The number of fused-ring (bicyclic) bond motifs is 1. The van der Waals surface area contributed by atoms with Gasteiger partial charge in [0.05, 0.1) is 0 Å². The van der Waals surface area contributed by atoms with Gasteiger partial charge in [0.2, 0.25) is 0 Å². The van der Waals surface area contributed by atoms with Crippen LogP contribution in [-0.2, 0) is 106 Å². The third-order valence-corrected chi connectivity index (χ3v) is 18.1. The number of esters is 8. The van der Waals surface area contributed by atoms with Crippen LogP contribution in [0.3, 0.4) is 0 Å². The SMILES string of the molecule is CCCCCCCCCCCCCCCCCC(=O)O[C@@H](C)C(=O)O[C@@H](C)C(=O)O[C@@H](C)C(=O)O[C@@H](C)C(=O)O[C@@H](C)C(=O)O[C@@H](C)C(=O)O[C@@H](C)C(=O)O[C@@H](C)C(=O)NS(=O)(=O)c1cc2c(s1)S(=O)(=O)N(CCCOC)C[C@@H]2NCC. The first-order chi connectivity index (χ1) is 38.6. The van der Waals surface area contributed by atoms with Crippen LogP contribution in [0.25, 0.3) is 0 Å². The molecule has 2 rings (SSSR count). The average Bonchev–Trinajstić information content (AvgIpc) is 4.13. The lowest BCUT2D eigenvalue weighted by Gasteiger charge is -2.32. The van der Waals surface area contributed by atoms with Crippen LogP contribution in [-0.4, -0.2) is 157 Å². The summed E-state index contributed by atoms with van der Waals surface area (Å²) in [5.74, 6) is -10.5. The number of likely N-dealkylation sites (N-methyl/N-ethyl adjacent to an activating group) is 1. The molecule has 0 saturated carbocycles.